The first-order chi connectivity index (χ1) is 11.5. The van der Waals surface area contributed by atoms with Crippen molar-refractivity contribution in [2.45, 2.75) is 52.7 Å². The van der Waals surface area contributed by atoms with Crippen LogP contribution in [0.5, 0.6) is 0 Å². The Morgan fingerprint density at radius 2 is 1.46 bits per heavy atom. The molecular weight excluding hydrogens is 294 g/mol. The Balaban J connectivity index is 1.67. The lowest BCUT2D eigenvalue weighted by atomic mass is 10.0. The van der Waals surface area contributed by atoms with E-state index in [4.69, 9.17) is 4.74 Å². The quantitative estimate of drug-likeness (QED) is 0.808. The number of hydrogen-bond donors (Lipinski definition) is 0. The van der Waals surface area contributed by atoms with Gasteiger partial charge in [-0.15, -0.1) is 0 Å². The van der Waals surface area contributed by atoms with Crippen molar-refractivity contribution in [3.63, 3.8) is 0 Å². The molecule has 2 atom stereocenters. The summed E-state index contributed by atoms with van der Waals surface area (Å²) < 4.78 is 5.86. The highest BCUT2D eigenvalue weighted by atomic mass is 16.5. The van der Waals surface area contributed by atoms with Crippen molar-refractivity contribution >= 4 is 5.69 Å². The molecule has 0 amide bonds. The monoisotopic (exact) mass is 323 g/mol. The standard InChI is InChI=1S/C22H29NO/c1-16-5-7-20(8-6-16)9-10-21-11-12-22(17(2)13-21)23-14-18(3)24-19(4)15-23/h5-8,11-13,18-19H,9-10,14-15H2,1-4H3/t18-,19+. The van der Waals surface area contributed by atoms with Gasteiger partial charge in [-0.1, -0.05) is 42.0 Å². The van der Waals surface area contributed by atoms with Crippen LogP contribution in [-0.2, 0) is 17.6 Å². The van der Waals surface area contributed by atoms with Crippen LogP contribution in [0.3, 0.4) is 0 Å². The molecule has 2 heteroatoms. The number of rotatable bonds is 4. The van der Waals surface area contributed by atoms with Crippen LogP contribution < -0.4 is 4.90 Å². The second-order valence-corrected chi connectivity index (χ2v) is 7.27. The number of morpholine rings is 1. The molecule has 2 aromatic rings. The molecule has 0 N–H and O–H groups in total. The van der Waals surface area contributed by atoms with Gasteiger partial charge in [-0.25, -0.2) is 0 Å². The van der Waals surface area contributed by atoms with Gasteiger partial charge in [0.1, 0.15) is 0 Å². The van der Waals surface area contributed by atoms with E-state index in [2.05, 4.69) is 75.1 Å². The number of hydrogen-bond acceptors (Lipinski definition) is 2. The second kappa shape index (κ2) is 7.40. The predicted octanol–water partition coefficient (Wildman–Crippen LogP) is 4.70. The molecule has 2 aromatic carbocycles. The third-order valence-corrected chi connectivity index (χ3v) is 4.84. The van der Waals surface area contributed by atoms with Crippen LogP contribution in [0, 0.1) is 13.8 Å². The summed E-state index contributed by atoms with van der Waals surface area (Å²) in [6.07, 6.45) is 2.80. The van der Waals surface area contributed by atoms with Crippen LogP contribution in [0.2, 0.25) is 0 Å². The summed E-state index contributed by atoms with van der Waals surface area (Å²) >= 11 is 0. The molecule has 0 aliphatic carbocycles. The van der Waals surface area contributed by atoms with Gasteiger partial charge < -0.3 is 9.64 Å². The van der Waals surface area contributed by atoms with E-state index >= 15 is 0 Å². The molecule has 0 saturated carbocycles. The predicted molar refractivity (Wildman–Crippen MR) is 102 cm³/mol. The Kier molecular flexibility index (Phi) is 5.25. The number of nitrogens with zero attached hydrogens (tertiary/aromatic N) is 1. The van der Waals surface area contributed by atoms with Gasteiger partial charge in [0.15, 0.2) is 0 Å². The fraction of sp³-hybridized carbons (Fsp3) is 0.455. The van der Waals surface area contributed by atoms with Gasteiger partial charge in [0, 0.05) is 18.8 Å². The largest absolute Gasteiger partial charge is 0.372 e. The van der Waals surface area contributed by atoms with Crippen molar-refractivity contribution in [1.82, 2.24) is 0 Å². The lowest BCUT2D eigenvalue weighted by molar-refractivity contribution is -0.00524. The number of anilines is 1. The van der Waals surface area contributed by atoms with Crippen molar-refractivity contribution in [1.29, 1.82) is 0 Å². The molecule has 0 radical (unpaired) electrons. The van der Waals surface area contributed by atoms with Gasteiger partial charge in [0.2, 0.25) is 0 Å². The summed E-state index contributed by atoms with van der Waals surface area (Å²) in [5.74, 6) is 0. The molecule has 1 heterocycles. The molecule has 128 valence electrons. The average molecular weight is 323 g/mol. The molecule has 24 heavy (non-hydrogen) atoms. The number of aryl methyl sites for hydroxylation is 4. The van der Waals surface area contributed by atoms with E-state index in [0.717, 1.165) is 25.9 Å². The molecular formula is C22H29NO. The van der Waals surface area contributed by atoms with Crippen molar-refractivity contribution in [2.75, 3.05) is 18.0 Å². The van der Waals surface area contributed by atoms with E-state index in [1.54, 1.807) is 0 Å². The van der Waals surface area contributed by atoms with Gasteiger partial charge in [0.05, 0.1) is 12.2 Å². The van der Waals surface area contributed by atoms with E-state index in [1.165, 1.54) is 27.9 Å². The Morgan fingerprint density at radius 1 is 0.875 bits per heavy atom. The first kappa shape index (κ1) is 17.0. The minimum Gasteiger partial charge on any atom is -0.372 e. The molecule has 2 nitrogen and oxygen atoms in total. The van der Waals surface area contributed by atoms with Crippen molar-refractivity contribution < 1.29 is 4.74 Å². The zero-order valence-electron chi connectivity index (χ0n) is 15.4. The lowest BCUT2D eigenvalue weighted by Crippen LogP contribution is -2.45. The summed E-state index contributed by atoms with van der Waals surface area (Å²) in [5, 5.41) is 0. The topological polar surface area (TPSA) is 12.5 Å². The summed E-state index contributed by atoms with van der Waals surface area (Å²) in [6, 6.07) is 15.8. The van der Waals surface area contributed by atoms with E-state index in [9.17, 15) is 0 Å². The maximum Gasteiger partial charge on any atom is 0.0726 e. The average Bonchev–Trinajstić information content (AvgIpc) is 2.53. The van der Waals surface area contributed by atoms with Gasteiger partial charge in [0.25, 0.3) is 0 Å². The fourth-order valence-corrected chi connectivity index (χ4v) is 3.65. The summed E-state index contributed by atoms with van der Waals surface area (Å²) in [4.78, 5) is 2.47. The first-order valence-corrected chi connectivity index (χ1v) is 9.07. The first-order valence-electron chi connectivity index (χ1n) is 9.07. The number of benzene rings is 2. The Morgan fingerprint density at radius 3 is 2.08 bits per heavy atom. The second-order valence-electron chi connectivity index (χ2n) is 7.27. The van der Waals surface area contributed by atoms with Crippen LogP contribution in [0.1, 0.15) is 36.1 Å². The minimum absolute atomic E-state index is 0.300. The van der Waals surface area contributed by atoms with Crippen LogP contribution in [0.15, 0.2) is 42.5 Å². The van der Waals surface area contributed by atoms with E-state index in [1.807, 2.05) is 0 Å². The van der Waals surface area contributed by atoms with E-state index in [0.29, 0.717) is 12.2 Å². The number of ether oxygens (including phenoxy) is 1. The molecule has 3 rings (SSSR count). The van der Waals surface area contributed by atoms with E-state index in [-0.39, 0.29) is 0 Å². The fourth-order valence-electron chi connectivity index (χ4n) is 3.65. The van der Waals surface area contributed by atoms with E-state index < -0.39 is 0 Å². The van der Waals surface area contributed by atoms with Gasteiger partial charge >= 0.3 is 0 Å². The zero-order valence-corrected chi connectivity index (χ0v) is 15.4. The van der Waals surface area contributed by atoms with Crippen molar-refractivity contribution in [3.05, 3.63) is 64.7 Å². The lowest BCUT2D eigenvalue weighted by Gasteiger charge is -2.37. The summed E-state index contributed by atoms with van der Waals surface area (Å²) in [7, 11) is 0. The third kappa shape index (κ3) is 4.18. The van der Waals surface area contributed by atoms with Crippen molar-refractivity contribution in [2.24, 2.45) is 0 Å². The zero-order chi connectivity index (χ0) is 17.1. The summed E-state index contributed by atoms with van der Waals surface area (Å²) in [5.41, 5.74) is 6.89. The van der Waals surface area contributed by atoms with Gasteiger partial charge in [-0.2, -0.15) is 0 Å². The van der Waals surface area contributed by atoms with Crippen LogP contribution in [-0.4, -0.2) is 25.3 Å². The highest BCUT2D eigenvalue weighted by Crippen LogP contribution is 2.25. The smallest absolute Gasteiger partial charge is 0.0726 e. The van der Waals surface area contributed by atoms with Crippen LogP contribution in [0.25, 0.3) is 0 Å². The Labute approximate surface area is 146 Å². The van der Waals surface area contributed by atoms with Crippen LogP contribution in [0.4, 0.5) is 5.69 Å². The normalized spacial score (nSPS) is 21.1. The molecule has 1 saturated heterocycles. The molecule has 0 bridgehead atoms. The van der Waals surface area contributed by atoms with Crippen molar-refractivity contribution in [3.8, 4) is 0 Å². The SMILES string of the molecule is Cc1ccc(CCc2ccc(N3C[C@@H](C)O[C@@H](C)C3)c(C)c2)cc1. The molecule has 1 fully saturated rings. The molecule has 1 aliphatic rings. The Bertz CT molecular complexity index is 667. The highest BCUT2D eigenvalue weighted by molar-refractivity contribution is 5.55. The van der Waals surface area contributed by atoms with Gasteiger partial charge in [-0.05, 0) is 63.3 Å². The molecule has 1 aliphatic heterocycles. The maximum absolute atomic E-state index is 5.86. The molecule has 0 unspecified atom stereocenters. The maximum atomic E-state index is 5.86. The Hall–Kier alpha value is -1.80. The third-order valence-electron chi connectivity index (χ3n) is 4.84. The van der Waals surface area contributed by atoms with Gasteiger partial charge in [-0.3, -0.25) is 0 Å². The highest BCUT2D eigenvalue weighted by Gasteiger charge is 2.23. The van der Waals surface area contributed by atoms with Crippen LogP contribution >= 0.6 is 0 Å². The minimum atomic E-state index is 0.300. The molecule has 0 aromatic heterocycles. The summed E-state index contributed by atoms with van der Waals surface area (Å²) in [6.45, 7) is 10.7. The molecule has 0 spiro atoms.